The first-order valence-corrected chi connectivity index (χ1v) is 7.59. The second kappa shape index (κ2) is 5.25. The van der Waals surface area contributed by atoms with Crippen molar-refractivity contribution in [2.24, 2.45) is 0 Å². The summed E-state index contributed by atoms with van der Waals surface area (Å²) >= 11 is 0. The Balaban J connectivity index is 1.48. The van der Waals surface area contributed by atoms with Crippen molar-refractivity contribution in [3.8, 4) is 0 Å². The Hall–Kier alpha value is -0.120. The molecule has 3 rings (SSSR count). The minimum atomic E-state index is 0.795. The number of likely N-dealkylation sites (tertiary alicyclic amines) is 1. The molecule has 98 valence electrons. The van der Waals surface area contributed by atoms with Gasteiger partial charge in [-0.15, -0.1) is 0 Å². The minimum Gasteiger partial charge on any atom is -0.310 e. The van der Waals surface area contributed by atoms with Gasteiger partial charge in [-0.3, -0.25) is 4.90 Å². The molecule has 0 aromatic heterocycles. The zero-order valence-electron chi connectivity index (χ0n) is 11.2. The van der Waals surface area contributed by atoms with Crippen LogP contribution in [0.4, 0.5) is 0 Å². The van der Waals surface area contributed by atoms with Crippen LogP contribution in [0.1, 0.15) is 39.0 Å². The van der Waals surface area contributed by atoms with Crippen LogP contribution >= 0.6 is 0 Å². The van der Waals surface area contributed by atoms with E-state index in [4.69, 9.17) is 0 Å². The molecule has 0 radical (unpaired) electrons. The van der Waals surface area contributed by atoms with Gasteiger partial charge in [-0.25, -0.2) is 0 Å². The van der Waals surface area contributed by atoms with Gasteiger partial charge in [0, 0.05) is 24.7 Å². The third-order valence-corrected chi connectivity index (χ3v) is 5.09. The molecule has 3 heterocycles. The molecule has 3 aliphatic rings. The van der Waals surface area contributed by atoms with Gasteiger partial charge >= 0.3 is 0 Å². The zero-order valence-corrected chi connectivity index (χ0v) is 11.2. The van der Waals surface area contributed by atoms with Crippen LogP contribution < -0.4 is 5.32 Å². The summed E-state index contributed by atoms with van der Waals surface area (Å²) in [6.07, 6.45) is 6.97. The molecule has 0 amide bonds. The normalized spacial score (nSPS) is 36.5. The molecule has 0 saturated carbocycles. The van der Waals surface area contributed by atoms with Crippen molar-refractivity contribution in [1.82, 2.24) is 15.1 Å². The SMILES string of the molecule is CCN1CCC(NC2CCN3CCCC23)CC1. The Bertz CT molecular complexity index is 248. The van der Waals surface area contributed by atoms with Gasteiger partial charge in [-0.1, -0.05) is 6.92 Å². The Kier molecular flexibility index (Phi) is 3.69. The molecule has 0 aliphatic carbocycles. The van der Waals surface area contributed by atoms with E-state index in [9.17, 15) is 0 Å². The van der Waals surface area contributed by atoms with Gasteiger partial charge in [0.1, 0.15) is 0 Å². The van der Waals surface area contributed by atoms with Crippen molar-refractivity contribution in [1.29, 1.82) is 0 Å². The van der Waals surface area contributed by atoms with E-state index in [1.54, 1.807) is 0 Å². The quantitative estimate of drug-likeness (QED) is 0.798. The van der Waals surface area contributed by atoms with Crippen LogP contribution in [0.15, 0.2) is 0 Å². The first-order valence-electron chi connectivity index (χ1n) is 7.59. The van der Waals surface area contributed by atoms with Crippen molar-refractivity contribution in [3.05, 3.63) is 0 Å². The lowest BCUT2D eigenvalue weighted by Crippen LogP contribution is -2.49. The molecule has 0 bridgehead atoms. The summed E-state index contributed by atoms with van der Waals surface area (Å²) in [5, 5.41) is 3.97. The molecule has 0 spiro atoms. The number of nitrogens with one attached hydrogen (secondary N) is 1. The molecule has 1 N–H and O–H groups in total. The van der Waals surface area contributed by atoms with Gasteiger partial charge in [-0.05, 0) is 58.3 Å². The Morgan fingerprint density at radius 1 is 1.00 bits per heavy atom. The van der Waals surface area contributed by atoms with Crippen LogP contribution in [-0.2, 0) is 0 Å². The summed E-state index contributed by atoms with van der Waals surface area (Å²) in [5.41, 5.74) is 0. The zero-order chi connectivity index (χ0) is 11.7. The van der Waals surface area contributed by atoms with Crippen LogP contribution in [0, 0.1) is 0 Å². The smallest absolute Gasteiger partial charge is 0.0250 e. The fraction of sp³-hybridized carbons (Fsp3) is 1.00. The molecule has 3 fully saturated rings. The molecule has 2 unspecified atom stereocenters. The largest absolute Gasteiger partial charge is 0.310 e. The molecule has 3 aliphatic heterocycles. The van der Waals surface area contributed by atoms with Crippen molar-refractivity contribution in [2.45, 2.75) is 57.2 Å². The van der Waals surface area contributed by atoms with E-state index in [-0.39, 0.29) is 0 Å². The molecule has 0 aromatic rings. The van der Waals surface area contributed by atoms with E-state index in [0.29, 0.717) is 0 Å². The van der Waals surface area contributed by atoms with E-state index in [1.165, 1.54) is 64.8 Å². The lowest BCUT2D eigenvalue weighted by atomic mass is 10.0. The Morgan fingerprint density at radius 2 is 1.82 bits per heavy atom. The maximum atomic E-state index is 3.97. The summed E-state index contributed by atoms with van der Waals surface area (Å²) in [4.78, 5) is 5.29. The molecule has 0 aromatic carbocycles. The minimum absolute atomic E-state index is 0.795. The molecular weight excluding hydrogens is 210 g/mol. The summed E-state index contributed by atoms with van der Waals surface area (Å²) < 4.78 is 0. The first-order chi connectivity index (χ1) is 8.36. The van der Waals surface area contributed by atoms with E-state index in [0.717, 1.165) is 18.1 Å². The molecule has 3 saturated heterocycles. The molecule has 17 heavy (non-hydrogen) atoms. The fourth-order valence-corrected chi connectivity index (χ4v) is 4.00. The van der Waals surface area contributed by atoms with Crippen LogP contribution in [0.25, 0.3) is 0 Å². The average molecular weight is 237 g/mol. The predicted molar refractivity (Wildman–Crippen MR) is 71.3 cm³/mol. The lowest BCUT2D eigenvalue weighted by Gasteiger charge is -2.34. The first kappa shape index (κ1) is 11.9. The third-order valence-electron chi connectivity index (χ3n) is 5.09. The van der Waals surface area contributed by atoms with Gasteiger partial charge in [0.05, 0.1) is 0 Å². The van der Waals surface area contributed by atoms with Gasteiger partial charge in [0.15, 0.2) is 0 Å². The van der Waals surface area contributed by atoms with Gasteiger partial charge < -0.3 is 10.2 Å². The second-order valence-corrected chi connectivity index (χ2v) is 6.02. The molecular formula is C14H27N3. The molecule has 2 atom stereocenters. The highest BCUT2D eigenvalue weighted by Gasteiger charge is 2.38. The van der Waals surface area contributed by atoms with E-state index < -0.39 is 0 Å². The number of piperidine rings is 1. The highest BCUT2D eigenvalue weighted by Crippen LogP contribution is 2.28. The Morgan fingerprint density at radius 3 is 2.59 bits per heavy atom. The summed E-state index contributed by atoms with van der Waals surface area (Å²) in [5.74, 6) is 0. The van der Waals surface area contributed by atoms with Crippen molar-refractivity contribution < 1.29 is 0 Å². The highest BCUT2D eigenvalue weighted by molar-refractivity contribution is 4.97. The number of hydrogen-bond donors (Lipinski definition) is 1. The number of nitrogens with zero attached hydrogens (tertiary/aromatic N) is 2. The summed E-state index contributed by atoms with van der Waals surface area (Å²) in [6.45, 7) is 8.81. The van der Waals surface area contributed by atoms with E-state index in [2.05, 4.69) is 22.0 Å². The van der Waals surface area contributed by atoms with E-state index in [1.807, 2.05) is 0 Å². The van der Waals surface area contributed by atoms with Crippen molar-refractivity contribution >= 4 is 0 Å². The Labute approximate surface area is 106 Å². The van der Waals surface area contributed by atoms with Crippen molar-refractivity contribution in [2.75, 3.05) is 32.7 Å². The predicted octanol–water partition coefficient (Wildman–Crippen LogP) is 1.30. The second-order valence-electron chi connectivity index (χ2n) is 6.02. The van der Waals surface area contributed by atoms with Gasteiger partial charge in [-0.2, -0.15) is 0 Å². The average Bonchev–Trinajstić information content (AvgIpc) is 2.95. The van der Waals surface area contributed by atoms with Crippen molar-refractivity contribution in [3.63, 3.8) is 0 Å². The lowest BCUT2D eigenvalue weighted by molar-refractivity contribution is 0.191. The molecule has 3 nitrogen and oxygen atoms in total. The number of rotatable bonds is 3. The topological polar surface area (TPSA) is 18.5 Å². The maximum absolute atomic E-state index is 3.97. The molecule has 3 heteroatoms. The standard InChI is InChI=1S/C14H27N3/c1-2-16-9-5-12(6-10-16)15-13-7-11-17-8-3-4-14(13)17/h12-15H,2-11H2,1H3. The summed E-state index contributed by atoms with van der Waals surface area (Å²) in [7, 11) is 0. The van der Waals surface area contributed by atoms with Crippen LogP contribution in [0.3, 0.4) is 0 Å². The third kappa shape index (κ3) is 2.51. The number of fused-ring (bicyclic) bond motifs is 1. The van der Waals surface area contributed by atoms with Crippen LogP contribution in [0.5, 0.6) is 0 Å². The maximum Gasteiger partial charge on any atom is 0.0250 e. The fourth-order valence-electron chi connectivity index (χ4n) is 4.00. The van der Waals surface area contributed by atoms with Crippen LogP contribution in [0.2, 0.25) is 0 Å². The van der Waals surface area contributed by atoms with E-state index >= 15 is 0 Å². The van der Waals surface area contributed by atoms with Gasteiger partial charge in [0.25, 0.3) is 0 Å². The monoisotopic (exact) mass is 237 g/mol. The van der Waals surface area contributed by atoms with Gasteiger partial charge in [0.2, 0.25) is 0 Å². The summed E-state index contributed by atoms with van der Waals surface area (Å²) in [6, 6.07) is 2.47. The van der Waals surface area contributed by atoms with Crippen LogP contribution in [-0.4, -0.2) is 60.6 Å². The highest BCUT2D eigenvalue weighted by atomic mass is 15.2. The number of hydrogen-bond acceptors (Lipinski definition) is 3.